The van der Waals surface area contributed by atoms with E-state index in [1.54, 1.807) is 6.20 Å². The van der Waals surface area contributed by atoms with Gasteiger partial charge in [0.05, 0.1) is 0 Å². The highest BCUT2D eigenvalue weighted by Gasteiger charge is 2.51. The molecule has 2 amide bonds. The van der Waals surface area contributed by atoms with Crippen molar-refractivity contribution in [3.8, 4) is 0 Å². The fourth-order valence-corrected chi connectivity index (χ4v) is 8.07. The van der Waals surface area contributed by atoms with Gasteiger partial charge in [0, 0.05) is 37.9 Å². The molecule has 1 N–H and O–H groups in total. The van der Waals surface area contributed by atoms with Crippen LogP contribution in [-0.4, -0.2) is 53.9 Å². The third-order valence-electron chi connectivity index (χ3n) is 9.58. The number of hydrogen-bond acceptors (Lipinski definition) is 4. The van der Waals surface area contributed by atoms with Crippen LogP contribution in [0.4, 0.5) is 5.82 Å². The van der Waals surface area contributed by atoms with Crippen molar-refractivity contribution < 1.29 is 9.59 Å². The van der Waals surface area contributed by atoms with Gasteiger partial charge in [0.25, 0.3) is 5.91 Å². The van der Waals surface area contributed by atoms with Crippen LogP contribution in [0.25, 0.3) is 0 Å². The van der Waals surface area contributed by atoms with E-state index in [-0.39, 0.29) is 17.7 Å². The molecule has 1 saturated heterocycles. The molecule has 7 rings (SSSR count). The number of aromatic nitrogens is 1. The Morgan fingerprint density at radius 1 is 0.892 bits per heavy atom. The molecule has 0 unspecified atom stereocenters. The average molecular weight is 501 g/mol. The first-order valence-electron chi connectivity index (χ1n) is 14.3. The third-order valence-corrected chi connectivity index (χ3v) is 9.58. The minimum absolute atomic E-state index is 0.00853. The van der Waals surface area contributed by atoms with E-state index in [0.717, 1.165) is 36.7 Å². The molecule has 5 aliphatic rings. The molecule has 6 heteroatoms. The van der Waals surface area contributed by atoms with E-state index in [1.165, 1.54) is 44.1 Å². The van der Waals surface area contributed by atoms with Crippen molar-refractivity contribution in [1.29, 1.82) is 0 Å². The first-order valence-corrected chi connectivity index (χ1v) is 14.3. The monoisotopic (exact) mass is 500 g/mol. The Labute approximate surface area is 220 Å². The van der Waals surface area contributed by atoms with Crippen molar-refractivity contribution in [1.82, 2.24) is 15.2 Å². The number of carbonyl (C=O) groups excluding carboxylic acids is 2. The number of carbonyl (C=O) groups is 2. The number of piperazine rings is 1. The van der Waals surface area contributed by atoms with E-state index in [1.807, 2.05) is 49.1 Å². The molecule has 1 aliphatic heterocycles. The Morgan fingerprint density at radius 2 is 1.51 bits per heavy atom. The molecule has 5 fully saturated rings. The van der Waals surface area contributed by atoms with E-state index in [4.69, 9.17) is 0 Å². The van der Waals surface area contributed by atoms with Crippen molar-refractivity contribution in [3.63, 3.8) is 0 Å². The maximum absolute atomic E-state index is 13.4. The van der Waals surface area contributed by atoms with Crippen molar-refractivity contribution in [2.24, 2.45) is 23.7 Å². The van der Waals surface area contributed by atoms with E-state index in [2.05, 4.69) is 27.3 Å². The average Bonchev–Trinajstić information content (AvgIpc) is 2.91. The predicted molar refractivity (Wildman–Crippen MR) is 145 cm³/mol. The second-order valence-electron chi connectivity index (χ2n) is 12.5. The van der Waals surface area contributed by atoms with Crippen LogP contribution in [0.15, 0.2) is 48.7 Å². The maximum atomic E-state index is 13.4. The summed E-state index contributed by atoms with van der Waals surface area (Å²) in [6, 6.07) is 13.7. The number of pyridine rings is 1. The van der Waals surface area contributed by atoms with Gasteiger partial charge in [-0.25, -0.2) is 4.98 Å². The summed E-state index contributed by atoms with van der Waals surface area (Å²) >= 11 is 0. The van der Waals surface area contributed by atoms with Gasteiger partial charge >= 0.3 is 0 Å². The number of amides is 2. The van der Waals surface area contributed by atoms with Crippen LogP contribution < -0.4 is 10.2 Å². The highest BCUT2D eigenvalue weighted by Crippen LogP contribution is 2.60. The summed E-state index contributed by atoms with van der Waals surface area (Å²) in [6.45, 7) is 6.76. The van der Waals surface area contributed by atoms with Gasteiger partial charge in [0.15, 0.2) is 0 Å². The molecule has 0 spiro atoms. The molecular formula is C31H40N4O2. The highest BCUT2D eigenvalue weighted by atomic mass is 16.2. The second-order valence-corrected chi connectivity index (χ2v) is 12.5. The molecule has 4 aliphatic carbocycles. The van der Waals surface area contributed by atoms with Crippen LogP contribution in [0.2, 0.25) is 0 Å². The van der Waals surface area contributed by atoms with Gasteiger partial charge in [-0.3, -0.25) is 9.59 Å². The van der Waals surface area contributed by atoms with E-state index in [9.17, 15) is 9.59 Å². The Morgan fingerprint density at radius 3 is 2.05 bits per heavy atom. The number of rotatable bonds is 6. The topological polar surface area (TPSA) is 65.5 Å². The van der Waals surface area contributed by atoms with Crippen LogP contribution >= 0.6 is 0 Å². The molecular weight excluding hydrogens is 460 g/mol. The first-order chi connectivity index (χ1) is 17.9. The summed E-state index contributed by atoms with van der Waals surface area (Å²) in [5.74, 6) is 3.51. The zero-order chi connectivity index (χ0) is 25.6. The minimum atomic E-state index is -0.531. The van der Waals surface area contributed by atoms with Gasteiger partial charge < -0.3 is 15.1 Å². The lowest BCUT2D eigenvalue weighted by Crippen LogP contribution is -2.56. The fourth-order valence-electron chi connectivity index (χ4n) is 8.07. The Kier molecular flexibility index (Phi) is 6.46. The Bertz CT molecular complexity index is 1090. The quantitative estimate of drug-likeness (QED) is 0.627. The standard InChI is InChI=1S/C31H40N4O2/c1-21(2)28(30(37)35-13-11-34(12-14-35)27-5-3-4-10-32-27)33-29(36)25-6-8-26(9-7-25)31-18-22-15-23(19-31)17-24(16-22)20-31/h3-10,21-24,28H,11-20H2,1-2H3,(H,33,36)/t22?,23?,24?,28-,31?/m0/s1. The molecule has 4 bridgehead atoms. The summed E-state index contributed by atoms with van der Waals surface area (Å²) in [5, 5.41) is 3.07. The van der Waals surface area contributed by atoms with Crippen LogP contribution in [0.3, 0.4) is 0 Å². The molecule has 1 aromatic carbocycles. The molecule has 37 heavy (non-hydrogen) atoms. The van der Waals surface area contributed by atoms with E-state index in [0.29, 0.717) is 24.1 Å². The van der Waals surface area contributed by atoms with E-state index >= 15 is 0 Å². The lowest BCUT2D eigenvalue weighted by atomic mass is 9.48. The Hall–Kier alpha value is -2.89. The molecule has 196 valence electrons. The molecule has 1 atom stereocenters. The van der Waals surface area contributed by atoms with Crippen LogP contribution in [-0.2, 0) is 10.2 Å². The fraction of sp³-hybridized carbons (Fsp3) is 0.581. The van der Waals surface area contributed by atoms with Gasteiger partial charge in [0.2, 0.25) is 5.91 Å². The SMILES string of the molecule is CC(C)[C@H](NC(=O)c1ccc(C23CC4CC(CC(C4)C2)C3)cc1)C(=O)N1CCN(c2ccccn2)CC1. The number of hydrogen-bond donors (Lipinski definition) is 1. The normalized spacial score (nSPS) is 29.4. The van der Waals surface area contributed by atoms with Gasteiger partial charge in [-0.2, -0.15) is 0 Å². The van der Waals surface area contributed by atoms with Crippen molar-refractivity contribution in [3.05, 3.63) is 59.8 Å². The molecule has 6 nitrogen and oxygen atoms in total. The molecule has 2 aromatic rings. The van der Waals surface area contributed by atoms with Crippen molar-refractivity contribution in [2.75, 3.05) is 31.1 Å². The second kappa shape index (κ2) is 9.77. The highest BCUT2D eigenvalue weighted by molar-refractivity contribution is 5.97. The van der Waals surface area contributed by atoms with Crippen LogP contribution in [0, 0.1) is 23.7 Å². The van der Waals surface area contributed by atoms with Crippen LogP contribution in [0.5, 0.6) is 0 Å². The predicted octanol–water partition coefficient (Wildman–Crippen LogP) is 4.65. The maximum Gasteiger partial charge on any atom is 0.251 e. The smallest absolute Gasteiger partial charge is 0.251 e. The molecule has 1 aromatic heterocycles. The third kappa shape index (κ3) is 4.75. The molecule has 4 saturated carbocycles. The zero-order valence-electron chi connectivity index (χ0n) is 22.2. The molecule has 2 heterocycles. The zero-order valence-corrected chi connectivity index (χ0v) is 22.2. The number of nitrogens with one attached hydrogen (secondary N) is 1. The van der Waals surface area contributed by atoms with Crippen LogP contribution in [0.1, 0.15) is 68.3 Å². The summed E-state index contributed by atoms with van der Waals surface area (Å²) < 4.78 is 0. The van der Waals surface area contributed by atoms with Gasteiger partial charge in [-0.1, -0.05) is 32.0 Å². The number of anilines is 1. The minimum Gasteiger partial charge on any atom is -0.353 e. The van der Waals surface area contributed by atoms with Gasteiger partial charge in [-0.15, -0.1) is 0 Å². The van der Waals surface area contributed by atoms with Gasteiger partial charge in [-0.05, 0) is 97.4 Å². The van der Waals surface area contributed by atoms with Gasteiger partial charge in [0.1, 0.15) is 11.9 Å². The first kappa shape index (κ1) is 24.4. The summed E-state index contributed by atoms with van der Waals surface area (Å²) in [4.78, 5) is 35.2. The van der Waals surface area contributed by atoms with Crippen molar-refractivity contribution >= 4 is 17.6 Å². The lowest BCUT2D eigenvalue weighted by molar-refractivity contribution is -0.134. The summed E-state index contributed by atoms with van der Waals surface area (Å²) in [5.41, 5.74) is 2.40. The molecule has 0 radical (unpaired) electrons. The van der Waals surface area contributed by atoms with Crippen molar-refractivity contribution in [2.45, 2.75) is 63.8 Å². The van der Waals surface area contributed by atoms with E-state index < -0.39 is 6.04 Å². The summed E-state index contributed by atoms with van der Waals surface area (Å²) in [7, 11) is 0. The Balaban J connectivity index is 1.09. The summed E-state index contributed by atoms with van der Waals surface area (Å²) in [6.07, 6.45) is 10.1. The lowest BCUT2D eigenvalue weighted by Gasteiger charge is -2.57. The number of nitrogens with zero attached hydrogens (tertiary/aromatic N) is 3. The number of benzene rings is 1. The largest absolute Gasteiger partial charge is 0.353 e.